The average Bonchev–Trinajstić information content (AvgIpc) is 3.35. The van der Waals surface area contributed by atoms with Gasteiger partial charge in [-0.05, 0) is 55.0 Å². The summed E-state index contributed by atoms with van der Waals surface area (Å²) in [5.74, 6) is 0.602. The van der Waals surface area contributed by atoms with Crippen molar-refractivity contribution >= 4 is 22.9 Å². The number of hydrogen-bond donors (Lipinski definition) is 0. The molecule has 0 bridgehead atoms. The van der Waals surface area contributed by atoms with Gasteiger partial charge in [-0.25, -0.2) is 4.98 Å². The molecule has 0 atom stereocenters. The topological polar surface area (TPSA) is 42.4 Å². The molecule has 5 rings (SSSR count). The van der Waals surface area contributed by atoms with Crippen LogP contribution in [0.4, 0.5) is 18.9 Å². The largest absolute Gasteiger partial charge is 0.457 e. The summed E-state index contributed by atoms with van der Waals surface area (Å²) >= 11 is 1.53. The minimum absolute atomic E-state index is 0.148. The van der Waals surface area contributed by atoms with E-state index in [0.717, 1.165) is 34.0 Å². The molecule has 2 heterocycles. The molecule has 1 aliphatic rings. The first-order valence-corrected chi connectivity index (χ1v) is 11.1. The van der Waals surface area contributed by atoms with Gasteiger partial charge in [-0.15, -0.1) is 11.3 Å². The van der Waals surface area contributed by atoms with Crippen LogP contribution < -0.4 is 9.64 Å². The molecule has 0 N–H and O–H groups in total. The van der Waals surface area contributed by atoms with Crippen LogP contribution in [-0.2, 0) is 12.6 Å². The summed E-state index contributed by atoms with van der Waals surface area (Å²) in [6.07, 6.45) is -2.11. The fourth-order valence-electron chi connectivity index (χ4n) is 3.85. The number of nitrogens with zero attached hydrogens (tertiary/aromatic N) is 2. The molecule has 1 aromatic heterocycles. The van der Waals surface area contributed by atoms with Gasteiger partial charge < -0.3 is 9.64 Å². The maximum Gasteiger partial charge on any atom is 0.416 e. The lowest BCUT2D eigenvalue weighted by molar-refractivity contribution is -0.137. The molecule has 0 saturated carbocycles. The zero-order chi connectivity index (χ0) is 23.0. The Kier molecular flexibility index (Phi) is 5.38. The third kappa shape index (κ3) is 4.21. The van der Waals surface area contributed by atoms with E-state index in [1.807, 2.05) is 29.6 Å². The molecular weight excluding hydrogens is 449 g/mol. The van der Waals surface area contributed by atoms with E-state index in [-0.39, 0.29) is 11.7 Å². The van der Waals surface area contributed by atoms with Crippen molar-refractivity contribution < 1.29 is 22.7 Å². The molecule has 0 spiro atoms. The van der Waals surface area contributed by atoms with Crippen molar-refractivity contribution in [3.05, 3.63) is 95.0 Å². The Labute approximate surface area is 191 Å². The number of anilines is 1. The average molecular weight is 466 g/mol. The van der Waals surface area contributed by atoms with E-state index < -0.39 is 11.7 Å². The first-order valence-electron chi connectivity index (χ1n) is 10.2. The van der Waals surface area contributed by atoms with Gasteiger partial charge in [0, 0.05) is 40.5 Å². The second-order valence-electron chi connectivity index (χ2n) is 7.50. The van der Waals surface area contributed by atoms with Crippen LogP contribution in [0.3, 0.4) is 0 Å². The summed E-state index contributed by atoms with van der Waals surface area (Å²) < 4.78 is 44.3. The van der Waals surface area contributed by atoms with Gasteiger partial charge in [0.15, 0.2) is 0 Å². The Bertz CT molecular complexity index is 1300. The van der Waals surface area contributed by atoms with E-state index in [9.17, 15) is 18.0 Å². The molecule has 4 nitrogen and oxygen atoms in total. The van der Waals surface area contributed by atoms with Gasteiger partial charge in [0.1, 0.15) is 16.5 Å². The number of amides is 1. The third-order valence-corrected chi connectivity index (χ3v) is 6.26. The van der Waals surface area contributed by atoms with Crippen molar-refractivity contribution in [3.63, 3.8) is 0 Å². The van der Waals surface area contributed by atoms with Crippen LogP contribution in [0.2, 0.25) is 0 Å². The molecule has 166 valence electrons. The van der Waals surface area contributed by atoms with Crippen molar-refractivity contribution in [2.24, 2.45) is 0 Å². The Morgan fingerprint density at radius 2 is 1.79 bits per heavy atom. The quantitative estimate of drug-likeness (QED) is 0.331. The summed E-state index contributed by atoms with van der Waals surface area (Å²) in [5, 5.41) is 2.79. The first-order chi connectivity index (χ1) is 15.9. The number of alkyl halides is 3. The van der Waals surface area contributed by atoms with E-state index in [4.69, 9.17) is 4.74 Å². The lowest BCUT2D eigenvalue weighted by Gasteiger charge is -2.30. The number of ether oxygens (including phenoxy) is 1. The van der Waals surface area contributed by atoms with Crippen LogP contribution in [0.25, 0.3) is 10.6 Å². The molecule has 0 unspecified atom stereocenters. The third-order valence-electron chi connectivity index (χ3n) is 5.44. The van der Waals surface area contributed by atoms with E-state index >= 15 is 0 Å². The van der Waals surface area contributed by atoms with Crippen LogP contribution in [0.5, 0.6) is 11.5 Å². The fraction of sp³-hybridized carbons (Fsp3) is 0.120. The number of hydrogen-bond acceptors (Lipinski definition) is 4. The van der Waals surface area contributed by atoms with Crippen molar-refractivity contribution in [2.45, 2.75) is 12.6 Å². The molecule has 1 amide bonds. The summed E-state index contributed by atoms with van der Waals surface area (Å²) in [7, 11) is 0. The Morgan fingerprint density at radius 3 is 2.52 bits per heavy atom. The minimum Gasteiger partial charge on any atom is -0.457 e. The highest BCUT2D eigenvalue weighted by Gasteiger charge is 2.31. The Balaban J connectivity index is 1.41. The highest BCUT2D eigenvalue weighted by molar-refractivity contribution is 7.13. The molecule has 1 aliphatic heterocycles. The van der Waals surface area contributed by atoms with Gasteiger partial charge in [-0.1, -0.05) is 18.2 Å². The molecular formula is C25H17F3N2O2S. The highest BCUT2D eigenvalue weighted by atomic mass is 32.1. The lowest BCUT2D eigenvalue weighted by Crippen LogP contribution is -2.37. The first kappa shape index (κ1) is 21.2. The number of fused-ring (bicyclic) bond motifs is 1. The molecule has 8 heteroatoms. The number of halogens is 3. The number of carbonyl (C=O) groups is 1. The summed E-state index contributed by atoms with van der Waals surface area (Å²) in [4.78, 5) is 19.4. The zero-order valence-corrected chi connectivity index (χ0v) is 18.0. The van der Waals surface area contributed by atoms with Crippen molar-refractivity contribution in [2.75, 3.05) is 11.4 Å². The van der Waals surface area contributed by atoms with Crippen molar-refractivity contribution in [1.29, 1.82) is 0 Å². The predicted octanol–water partition coefficient (Wildman–Crippen LogP) is 6.82. The monoisotopic (exact) mass is 466 g/mol. The highest BCUT2D eigenvalue weighted by Crippen LogP contribution is 2.36. The van der Waals surface area contributed by atoms with Gasteiger partial charge in [0.2, 0.25) is 0 Å². The summed E-state index contributed by atoms with van der Waals surface area (Å²) in [6.45, 7) is 0.459. The van der Waals surface area contributed by atoms with Gasteiger partial charge in [-0.2, -0.15) is 13.2 Å². The van der Waals surface area contributed by atoms with Crippen LogP contribution in [0.1, 0.15) is 21.5 Å². The molecule has 0 fully saturated rings. The number of benzene rings is 3. The van der Waals surface area contributed by atoms with E-state index in [0.29, 0.717) is 24.3 Å². The van der Waals surface area contributed by atoms with E-state index in [1.165, 1.54) is 23.5 Å². The second kappa shape index (κ2) is 8.37. The molecule has 3 aromatic carbocycles. The van der Waals surface area contributed by atoms with Gasteiger partial charge in [0.05, 0.1) is 5.56 Å². The fourth-order valence-corrected chi connectivity index (χ4v) is 4.48. The van der Waals surface area contributed by atoms with E-state index in [2.05, 4.69) is 4.98 Å². The normalized spacial score (nSPS) is 13.7. The van der Waals surface area contributed by atoms with Gasteiger partial charge in [0.25, 0.3) is 5.91 Å². The molecule has 0 saturated heterocycles. The predicted molar refractivity (Wildman–Crippen MR) is 121 cm³/mol. The number of thiazole rings is 1. The summed E-state index contributed by atoms with van der Waals surface area (Å²) in [6, 6.07) is 17.4. The maximum absolute atomic E-state index is 13.3. The minimum atomic E-state index is -4.41. The maximum atomic E-state index is 13.3. The van der Waals surface area contributed by atoms with Crippen LogP contribution in [0.15, 0.2) is 78.3 Å². The molecule has 0 radical (unpaired) electrons. The van der Waals surface area contributed by atoms with Crippen LogP contribution in [0, 0.1) is 0 Å². The Hall–Kier alpha value is -3.65. The van der Waals surface area contributed by atoms with Gasteiger partial charge in [-0.3, -0.25) is 4.79 Å². The Morgan fingerprint density at radius 1 is 1.00 bits per heavy atom. The lowest BCUT2D eigenvalue weighted by atomic mass is 9.97. The molecule has 4 aromatic rings. The zero-order valence-electron chi connectivity index (χ0n) is 17.2. The number of rotatable bonds is 4. The SMILES string of the molecule is O=C1c2cccc(Oc3ccc(C(F)(F)F)cc3)c2CCN1c1cccc(-c2nccs2)c1. The van der Waals surface area contributed by atoms with Crippen LogP contribution in [-0.4, -0.2) is 17.4 Å². The summed E-state index contributed by atoms with van der Waals surface area (Å²) in [5.41, 5.74) is 2.25. The van der Waals surface area contributed by atoms with Crippen LogP contribution >= 0.6 is 11.3 Å². The van der Waals surface area contributed by atoms with Crippen molar-refractivity contribution in [1.82, 2.24) is 4.98 Å². The number of carbonyl (C=O) groups excluding carboxylic acids is 1. The molecule has 0 aliphatic carbocycles. The van der Waals surface area contributed by atoms with Crippen molar-refractivity contribution in [3.8, 4) is 22.1 Å². The van der Waals surface area contributed by atoms with E-state index in [1.54, 1.807) is 29.3 Å². The smallest absolute Gasteiger partial charge is 0.416 e. The molecule has 33 heavy (non-hydrogen) atoms. The standard InChI is InChI=1S/C25H17F3N2O2S/c26-25(27,28)17-7-9-19(10-8-17)32-22-6-2-5-21-20(22)11-13-30(24(21)31)18-4-1-3-16(15-18)23-29-12-14-33-23/h1-10,12,14-15H,11,13H2. The van der Waals surface area contributed by atoms with Gasteiger partial charge >= 0.3 is 6.18 Å². The second-order valence-corrected chi connectivity index (χ2v) is 8.40. The number of aromatic nitrogens is 1.